The lowest BCUT2D eigenvalue weighted by atomic mass is 10.0. The number of rotatable bonds is 6. The second kappa shape index (κ2) is 8.37. The molecule has 1 amide bonds. The Morgan fingerprint density at radius 1 is 1.28 bits per heavy atom. The Bertz CT molecular complexity index is 1010. The molecule has 0 aliphatic carbocycles. The summed E-state index contributed by atoms with van der Waals surface area (Å²) in [5.74, 6) is 1.11. The summed E-state index contributed by atoms with van der Waals surface area (Å²) in [6.07, 6.45) is 3.48. The molecular formula is C22H28N4O3. The number of aromatic nitrogens is 2. The summed E-state index contributed by atoms with van der Waals surface area (Å²) in [4.78, 5) is 14.8. The Labute approximate surface area is 170 Å². The van der Waals surface area contributed by atoms with Gasteiger partial charge in [0.2, 0.25) is 0 Å². The maximum atomic E-state index is 12.3. The quantitative estimate of drug-likeness (QED) is 0.635. The molecule has 0 radical (unpaired) electrons. The van der Waals surface area contributed by atoms with Crippen LogP contribution in [0.25, 0.3) is 22.6 Å². The van der Waals surface area contributed by atoms with Crippen molar-refractivity contribution in [2.24, 2.45) is 5.92 Å². The highest BCUT2D eigenvalue weighted by Gasteiger charge is 2.21. The number of fused-ring (bicyclic) bond motifs is 1. The number of furan rings is 1. The summed E-state index contributed by atoms with van der Waals surface area (Å²) in [6.45, 7) is 10.2. The lowest BCUT2D eigenvalue weighted by molar-refractivity contribution is 0.0916. The second-order valence-corrected chi connectivity index (χ2v) is 8.13. The number of hydrogen-bond donors (Lipinski definition) is 1. The van der Waals surface area contributed by atoms with Crippen LogP contribution >= 0.6 is 0 Å². The normalized spacial score (nSPS) is 17.7. The molecule has 3 aromatic rings. The van der Waals surface area contributed by atoms with Crippen LogP contribution in [-0.2, 0) is 0 Å². The molecule has 1 aliphatic heterocycles. The number of carbonyl (C=O) groups excluding carboxylic acids is 1. The number of hydrogen-bond acceptors (Lipinski definition) is 6. The van der Waals surface area contributed by atoms with Crippen LogP contribution in [0.4, 0.5) is 0 Å². The van der Waals surface area contributed by atoms with E-state index in [1.807, 2.05) is 26.0 Å². The van der Waals surface area contributed by atoms with Crippen LogP contribution in [0.3, 0.4) is 0 Å². The van der Waals surface area contributed by atoms with Gasteiger partial charge >= 0.3 is 11.8 Å². The minimum absolute atomic E-state index is 0.0392. The SMILES string of the molecule is Cc1ccc2oc(-c3nnc(C(=O)NCCCN4CCCC(C)C4)o3)c(C)c2c1. The summed E-state index contributed by atoms with van der Waals surface area (Å²) < 4.78 is 11.5. The number of benzene rings is 1. The average Bonchev–Trinajstić information content (AvgIpc) is 3.31. The van der Waals surface area contributed by atoms with Gasteiger partial charge in [-0.1, -0.05) is 18.6 Å². The van der Waals surface area contributed by atoms with E-state index in [9.17, 15) is 4.79 Å². The summed E-state index contributed by atoms with van der Waals surface area (Å²) in [7, 11) is 0. The maximum Gasteiger partial charge on any atom is 0.308 e. The van der Waals surface area contributed by atoms with Gasteiger partial charge in [-0.25, -0.2) is 0 Å². The molecule has 1 fully saturated rings. The second-order valence-electron chi connectivity index (χ2n) is 8.13. The Kier molecular flexibility index (Phi) is 5.67. The fourth-order valence-electron chi connectivity index (χ4n) is 4.02. The molecule has 7 heteroatoms. The van der Waals surface area contributed by atoms with Crippen LogP contribution < -0.4 is 5.32 Å². The first-order chi connectivity index (χ1) is 14.0. The molecule has 1 unspecified atom stereocenters. The number of carbonyl (C=O) groups is 1. The molecule has 4 rings (SSSR count). The summed E-state index contributed by atoms with van der Waals surface area (Å²) in [5, 5.41) is 11.8. The van der Waals surface area contributed by atoms with E-state index in [2.05, 4.69) is 33.4 Å². The van der Waals surface area contributed by atoms with Crippen LogP contribution in [0.1, 0.15) is 48.0 Å². The molecule has 1 saturated heterocycles. The topological polar surface area (TPSA) is 84.4 Å². The third kappa shape index (κ3) is 4.34. The summed E-state index contributed by atoms with van der Waals surface area (Å²) in [6, 6.07) is 5.98. The molecule has 1 atom stereocenters. The molecule has 0 spiro atoms. The Morgan fingerprint density at radius 2 is 2.14 bits per heavy atom. The van der Waals surface area contributed by atoms with Gasteiger partial charge in [0.25, 0.3) is 5.89 Å². The monoisotopic (exact) mass is 396 g/mol. The Morgan fingerprint density at radius 3 is 2.97 bits per heavy atom. The van der Waals surface area contributed by atoms with Crippen LogP contribution in [0.5, 0.6) is 0 Å². The van der Waals surface area contributed by atoms with Crippen molar-refractivity contribution in [3.63, 3.8) is 0 Å². The van der Waals surface area contributed by atoms with Gasteiger partial charge in [0.1, 0.15) is 5.58 Å². The number of aryl methyl sites for hydroxylation is 2. The number of amides is 1. The molecule has 0 bridgehead atoms. The fraction of sp³-hybridized carbons (Fsp3) is 0.500. The zero-order valence-electron chi connectivity index (χ0n) is 17.3. The van der Waals surface area contributed by atoms with Gasteiger partial charge in [0, 0.05) is 24.0 Å². The van der Waals surface area contributed by atoms with Gasteiger partial charge in [0.15, 0.2) is 5.76 Å². The molecule has 2 aromatic heterocycles. The highest BCUT2D eigenvalue weighted by atomic mass is 16.4. The highest BCUT2D eigenvalue weighted by molar-refractivity contribution is 5.90. The Hall–Kier alpha value is -2.67. The first-order valence-corrected chi connectivity index (χ1v) is 10.4. The van der Waals surface area contributed by atoms with Crippen LogP contribution in [0, 0.1) is 19.8 Å². The van der Waals surface area contributed by atoms with Gasteiger partial charge in [-0.3, -0.25) is 4.79 Å². The molecule has 1 aliphatic rings. The van der Waals surface area contributed by atoms with E-state index >= 15 is 0 Å². The van der Waals surface area contributed by atoms with Crippen LogP contribution in [-0.4, -0.2) is 47.2 Å². The molecule has 3 heterocycles. The fourth-order valence-corrected chi connectivity index (χ4v) is 4.02. The van der Waals surface area contributed by atoms with Crippen molar-refractivity contribution in [1.29, 1.82) is 0 Å². The number of nitrogens with zero attached hydrogens (tertiary/aromatic N) is 3. The van der Waals surface area contributed by atoms with Crippen molar-refractivity contribution in [1.82, 2.24) is 20.4 Å². The highest BCUT2D eigenvalue weighted by Crippen LogP contribution is 2.32. The van der Waals surface area contributed by atoms with E-state index in [-0.39, 0.29) is 17.7 Å². The number of nitrogens with one attached hydrogen (secondary N) is 1. The average molecular weight is 396 g/mol. The van der Waals surface area contributed by atoms with Crippen LogP contribution in [0.2, 0.25) is 0 Å². The summed E-state index contributed by atoms with van der Waals surface area (Å²) >= 11 is 0. The van der Waals surface area contributed by atoms with Gasteiger partial charge < -0.3 is 19.1 Å². The predicted octanol–water partition coefficient (Wildman–Crippen LogP) is 3.95. The summed E-state index contributed by atoms with van der Waals surface area (Å²) in [5.41, 5.74) is 2.84. The van der Waals surface area contributed by atoms with Gasteiger partial charge in [-0.15, -0.1) is 10.2 Å². The standard InChI is InChI=1S/C22H28N4O3/c1-14-7-8-18-17(12-14)16(3)19(28-18)21-24-25-22(29-21)20(27)23-9-5-11-26-10-4-6-15(2)13-26/h7-8,12,15H,4-6,9-11,13H2,1-3H3,(H,23,27). The molecule has 7 nitrogen and oxygen atoms in total. The maximum absolute atomic E-state index is 12.3. The molecular weight excluding hydrogens is 368 g/mol. The van der Waals surface area contributed by atoms with Crippen LogP contribution in [0.15, 0.2) is 27.0 Å². The third-order valence-corrected chi connectivity index (χ3v) is 5.58. The largest absolute Gasteiger partial charge is 0.451 e. The van der Waals surface area contributed by atoms with E-state index in [1.165, 1.54) is 12.8 Å². The molecule has 0 saturated carbocycles. The van der Waals surface area contributed by atoms with Gasteiger partial charge in [-0.05, 0) is 64.3 Å². The minimum Gasteiger partial charge on any atom is -0.451 e. The first kappa shape index (κ1) is 19.6. The molecule has 154 valence electrons. The van der Waals surface area contributed by atoms with Crippen molar-refractivity contribution >= 4 is 16.9 Å². The van der Waals surface area contributed by atoms with E-state index in [4.69, 9.17) is 8.83 Å². The predicted molar refractivity (Wildman–Crippen MR) is 111 cm³/mol. The van der Waals surface area contributed by atoms with Crippen molar-refractivity contribution < 1.29 is 13.6 Å². The molecule has 29 heavy (non-hydrogen) atoms. The zero-order chi connectivity index (χ0) is 20.4. The van der Waals surface area contributed by atoms with E-state index < -0.39 is 0 Å². The van der Waals surface area contributed by atoms with Gasteiger partial charge in [0.05, 0.1) is 0 Å². The molecule has 1 N–H and O–H groups in total. The smallest absolute Gasteiger partial charge is 0.308 e. The molecule has 1 aromatic carbocycles. The van der Waals surface area contributed by atoms with E-state index in [0.717, 1.165) is 54.1 Å². The van der Waals surface area contributed by atoms with Crippen molar-refractivity contribution in [3.8, 4) is 11.7 Å². The van der Waals surface area contributed by atoms with Crippen molar-refractivity contribution in [3.05, 3.63) is 35.2 Å². The number of likely N-dealkylation sites (tertiary alicyclic amines) is 1. The van der Waals surface area contributed by atoms with E-state index in [1.54, 1.807) is 0 Å². The Balaban J connectivity index is 1.35. The van der Waals surface area contributed by atoms with E-state index in [0.29, 0.717) is 12.3 Å². The third-order valence-electron chi connectivity index (χ3n) is 5.58. The lowest BCUT2D eigenvalue weighted by Crippen LogP contribution is -2.36. The van der Waals surface area contributed by atoms with Crippen molar-refractivity contribution in [2.45, 2.75) is 40.0 Å². The zero-order valence-corrected chi connectivity index (χ0v) is 17.3. The number of piperidine rings is 1. The van der Waals surface area contributed by atoms with Gasteiger partial charge in [-0.2, -0.15) is 0 Å². The lowest BCUT2D eigenvalue weighted by Gasteiger charge is -2.30. The first-order valence-electron chi connectivity index (χ1n) is 10.4. The minimum atomic E-state index is -0.347. The van der Waals surface area contributed by atoms with Crippen molar-refractivity contribution in [2.75, 3.05) is 26.2 Å².